The number of hydrogen-bond acceptors (Lipinski definition) is 6. The second kappa shape index (κ2) is 12.0. The Morgan fingerprint density at radius 2 is 1.45 bits per heavy atom. The van der Waals surface area contributed by atoms with Gasteiger partial charge >= 0.3 is 0 Å². The first-order valence-electron chi connectivity index (χ1n) is 11.9. The Bertz CT molecular complexity index is 1710. The van der Waals surface area contributed by atoms with Crippen LogP contribution < -0.4 is 19.1 Å². The normalized spacial score (nSPS) is 11.5. The van der Waals surface area contributed by atoms with Crippen molar-refractivity contribution in [2.75, 3.05) is 28.0 Å². The van der Waals surface area contributed by atoms with Gasteiger partial charge < -0.3 is 10.1 Å². The van der Waals surface area contributed by atoms with Gasteiger partial charge in [-0.2, -0.15) is 0 Å². The van der Waals surface area contributed by atoms with E-state index in [1.165, 1.54) is 79.9 Å². The Morgan fingerprint density at radius 3 is 2.05 bits per heavy atom. The zero-order valence-corrected chi connectivity index (χ0v) is 23.9. The zero-order valence-electron chi connectivity index (χ0n) is 21.5. The summed E-state index contributed by atoms with van der Waals surface area (Å²) in [5, 5.41) is 3.03. The second-order valence-corrected chi connectivity index (χ2v) is 12.7. The molecule has 0 aliphatic rings. The lowest BCUT2D eigenvalue weighted by molar-refractivity contribution is -0.114. The molecule has 0 spiro atoms. The molecule has 0 aromatic heterocycles. The molecule has 0 bridgehead atoms. The number of nitrogens with zero attached hydrogens (tertiary/aromatic N) is 1. The van der Waals surface area contributed by atoms with Gasteiger partial charge in [0.05, 0.1) is 22.6 Å². The second-order valence-electron chi connectivity index (χ2n) is 8.71. The summed E-state index contributed by atoms with van der Waals surface area (Å²) in [4.78, 5) is 13.0. The highest BCUT2D eigenvalue weighted by atomic mass is 35.5. The lowest BCUT2D eigenvalue weighted by Gasteiger charge is -2.24. The third kappa shape index (κ3) is 6.92. The number of halogens is 1. The number of benzene rings is 4. The van der Waals surface area contributed by atoms with E-state index < -0.39 is 32.5 Å². The number of nitrogens with one attached hydrogen (secondary N) is 2. The molecular weight excluding hydrogens is 574 g/mol. The van der Waals surface area contributed by atoms with Crippen molar-refractivity contribution in [3.8, 4) is 5.75 Å². The van der Waals surface area contributed by atoms with Crippen molar-refractivity contribution in [2.45, 2.75) is 16.7 Å². The zero-order chi connectivity index (χ0) is 28.9. The third-order valence-corrected chi connectivity index (χ3v) is 9.21. The molecule has 1 amide bonds. The number of hydrogen-bond donors (Lipinski definition) is 2. The van der Waals surface area contributed by atoms with Crippen molar-refractivity contribution in [3.63, 3.8) is 0 Å². The summed E-state index contributed by atoms with van der Waals surface area (Å²) in [6.07, 6.45) is 0. The molecule has 4 aromatic carbocycles. The van der Waals surface area contributed by atoms with Crippen LogP contribution in [0.2, 0.25) is 5.02 Å². The first-order chi connectivity index (χ1) is 19.0. The van der Waals surface area contributed by atoms with Gasteiger partial charge in [0, 0.05) is 16.4 Å². The molecule has 40 heavy (non-hydrogen) atoms. The molecule has 0 saturated carbocycles. The minimum absolute atomic E-state index is 0.00289. The van der Waals surface area contributed by atoms with Gasteiger partial charge in [-0.1, -0.05) is 23.7 Å². The predicted octanol–water partition coefficient (Wildman–Crippen LogP) is 5.29. The predicted molar refractivity (Wildman–Crippen MR) is 156 cm³/mol. The highest BCUT2D eigenvalue weighted by molar-refractivity contribution is 7.93. The van der Waals surface area contributed by atoms with Crippen LogP contribution in [0.25, 0.3) is 0 Å². The van der Waals surface area contributed by atoms with Gasteiger partial charge in [0.2, 0.25) is 5.91 Å². The average Bonchev–Trinajstić information content (AvgIpc) is 2.92. The van der Waals surface area contributed by atoms with Crippen LogP contribution in [0.15, 0.2) is 107 Å². The van der Waals surface area contributed by atoms with Gasteiger partial charge in [-0.3, -0.25) is 13.8 Å². The van der Waals surface area contributed by atoms with Crippen LogP contribution in [-0.2, 0) is 24.8 Å². The Kier molecular flexibility index (Phi) is 8.67. The molecule has 4 aromatic rings. The molecular formula is C28H26ClN3O6S2. The van der Waals surface area contributed by atoms with Crippen molar-refractivity contribution >= 4 is 54.6 Å². The number of anilines is 3. The molecule has 0 saturated heterocycles. The van der Waals surface area contributed by atoms with Gasteiger partial charge in [-0.25, -0.2) is 16.8 Å². The fraction of sp³-hybridized carbons (Fsp3) is 0.107. The lowest BCUT2D eigenvalue weighted by Crippen LogP contribution is -2.38. The largest absolute Gasteiger partial charge is 0.497 e. The minimum Gasteiger partial charge on any atom is -0.497 e. The van der Waals surface area contributed by atoms with Crippen molar-refractivity contribution in [1.82, 2.24) is 0 Å². The number of amides is 1. The van der Waals surface area contributed by atoms with Crippen molar-refractivity contribution in [1.29, 1.82) is 0 Å². The van der Waals surface area contributed by atoms with Gasteiger partial charge in [0.1, 0.15) is 12.3 Å². The van der Waals surface area contributed by atoms with Gasteiger partial charge in [-0.15, -0.1) is 0 Å². The molecule has 0 aliphatic carbocycles. The molecule has 0 heterocycles. The Morgan fingerprint density at radius 1 is 0.825 bits per heavy atom. The first-order valence-corrected chi connectivity index (χ1v) is 15.2. The number of carbonyl (C=O) groups is 1. The van der Waals surface area contributed by atoms with E-state index in [1.807, 2.05) is 13.0 Å². The van der Waals surface area contributed by atoms with Crippen LogP contribution >= 0.6 is 11.6 Å². The van der Waals surface area contributed by atoms with Crippen LogP contribution in [0.4, 0.5) is 17.1 Å². The summed E-state index contributed by atoms with van der Waals surface area (Å²) in [6, 6.07) is 24.3. The van der Waals surface area contributed by atoms with E-state index in [-0.39, 0.29) is 21.2 Å². The number of methoxy groups -OCH3 is 1. The Labute approximate surface area is 238 Å². The maximum absolute atomic E-state index is 13.5. The van der Waals surface area contributed by atoms with Gasteiger partial charge in [-0.05, 0) is 97.4 Å². The third-order valence-electron chi connectivity index (χ3n) is 5.77. The number of ether oxygens (including phenoxy) is 1. The monoisotopic (exact) mass is 599 g/mol. The number of carbonyl (C=O) groups excluding carboxylic acids is 1. The summed E-state index contributed by atoms with van der Waals surface area (Å²) in [5.74, 6) is -0.158. The van der Waals surface area contributed by atoms with Crippen LogP contribution in [0.5, 0.6) is 5.75 Å². The van der Waals surface area contributed by atoms with Crippen molar-refractivity contribution in [2.24, 2.45) is 0 Å². The molecule has 0 unspecified atom stereocenters. The Hall–Kier alpha value is -4.06. The molecule has 12 heteroatoms. The van der Waals surface area contributed by atoms with Crippen molar-refractivity contribution in [3.05, 3.63) is 108 Å². The highest BCUT2D eigenvalue weighted by Gasteiger charge is 2.27. The molecule has 0 fully saturated rings. The van der Waals surface area contributed by atoms with Crippen LogP contribution in [0, 0.1) is 6.92 Å². The summed E-state index contributed by atoms with van der Waals surface area (Å²) in [7, 11) is -6.54. The highest BCUT2D eigenvalue weighted by Crippen LogP contribution is 2.27. The Balaban J connectivity index is 1.53. The molecule has 0 aliphatic heterocycles. The van der Waals surface area contributed by atoms with E-state index in [4.69, 9.17) is 16.3 Å². The lowest BCUT2D eigenvalue weighted by atomic mass is 10.2. The molecule has 9 nitrogen and oxygen atoms in total. The topological polar surface area (TPSA) is 122 Å². The summed E-state index contributed by atoms with van der Waals surface area (Å²) in [5.41, 5.74) is 1.86. The van der Waals surface area contributed by atoms with E-state index in [1.54, 1.807) is 18.2 Å². The molecule has 2 N–H and O–H groups in total. The number of aryl methyl sites for hydroxylation is 1. The molecule has 208 valence electrons. The molecule has 0 radical (unpaired) electrons. The van der Waals surface area contributed by atoms with E-state index in [9.17, 15) is 21.6 Å². The van der Waals surface area contributed by atoms with E-state index in [0.717, 1.165) is 9.87 Å². The molecule has 4 rings (SSSR count). The quantitative estimate of drug-likeness (QED) is 0.255. The number of rotatable bonds is 10. The van der Waals surface area contributed by atoms with E-state index in [2.05, 4.69) is 10.0 Å². The van der Waals surface area contributed by atoms with Crippen molar-refractivity contribution < 1.29 is 26.4 Å². The molecule has 0 atom stereocenters. The average molecular weight is 600 g/mol. The summed E-state index contributed by atoms with van der Waals surface area (Å²) >= 11 is 5.98. The standard InChI is InChI=1S/C28H26ClN3O6S2/c1-20-4-3-5-23(18-20)31-39(34,35)26-14-8-22(9-15-26)30-28(33)19-32(24-10-6-21(29)7-11-24)40(36,37)27-16-12-25(38-2)13-17-27/h3-18,31H,19H2,1-2H3,(H,30,33). The minimum atomic E-state index is -4.15. The summed E-state index contributed by atoms with van der Waals surface area (Å²) in [6.45, 7) is 1.30. The fourth-order valence-corrected chi connectivity index (χ4v) is 6.36. The smallest absolute Gasteiger partial charge is 0.264 e. The van der Waals surface area contributed by atoms with Crippen LogP contribution in [-0.4, -0.2) is 36.4 Å². The summed E-state index contributed by atoms with van der Waals surface area (Å²) < 4.78 is 61.2. The fourth-order valence-electron chi connectivity index (χ4n) is 3.77. The van der Waals surface area contributed by atoms with Crippen LogP contribution in [0.1, 0.15) is 5.56 Å². The van der Waals surface area contributed by atoms with Crippen LogP contribution in [0.3, 0.4) is 0 Å². The van der Waals surface area contributed by atoms with Gasteiger partial charge in [0.25, 0.3) is 20.0 Å². The number of sulfonamides is 2. The SMILES string of the molecule is COc1ccc(S(=O)(=O)N(CC(=O)Nc2ccc(S(=O)(=O)Nc3cccc(C)c3)cc2)c2ccc(Cl)cc2)cc1. The maximum atomic E-state index is 13.5. The van der Waals surface area contributed by atoms with E-state index in [0.29, 0.717) is 16.5 Å². The maximum Gasteiger partial charge on any atom is 0.264 e. The van der Waals surface area contributed by atoms with E-state index >= 15 is 0 Å². The first kappa shape index (κ1) is 28.9. The van der Waals surface area contributed by atoms with Gasteiger partial charge in [0.15, 0.2) is 0 Å².